The molecule has 2 nitrogen and oxygen atoms in total. The summed E-state index contributed by atoms with van der Waals surface area (Å²) in [7, 11) is 0. The van der Waals surface area contributed by atoms with Crippen LogP contribution in [0.4, 0.5) is 0 Å². The summed E-state index contributed by atoms with van der Waals surface area (Å²) >= 11 is 18.5. The SMILES string of the molecule is II.[CH2-]C1=[C-]C([CH2-])=C([CH2-])C1(C(CI)(CI)OCI)C(CI)(CI)OCI.[CH3-].[V+2].[V].[V].[V]. The van der Waals surface area contributed by atoms with Crippen LogP contribution < -0.4 is 0 Å². The molecule has 180 valence electrons. The van der Waals surface area contributed by atoms with E-state index >= 15 is 0 Å². The number of alkyl halides is 6. The van der Waals surface area contributed by atoms with Gasteiger partial charge >= 0.3 is 18.6 Å². The molecule has 0 aliphatic heterocycles. The molecular weight excluding hydrogens is 1460 g/mol. The summed E-state index contributed by atoms with van der Waals surface area (Å²) in [5, 5.41) is 0. The summed E-state index contributed by atoms with van der Waals surface area (Å²) in [5.41, 5.74) is 1.11. The Kier molecular flexibility index (Phi) is 42.9. The van der Waals surface area contributed by atoms with Crippen LogP contribution in [0.2, 0.25) is 0 Å². The van der Waals surface area contributed by atoms with Gasteiger partial charge in [0.15, 0.2) is 0 Å². The van der Waals surface area contributed by atoms with Gasteiger partial charge in [0.25, 0.3) is 0 Å². The zero-order valence-electron chi connectivity index (χ0n) is 16.5. The Morgan fingerprint density at radius 2 is 1.03 bits per heavy atom. The minimum absolute atomic E-state index is 0. The van der Waals surface area contributed by atoms with E-state index in [1.165, 1.54) is 0 Å². The van der Waals surface area contributed by atoms with Crippen LogP contribution in [-0.4, -0.2) is 38.1 Å². The predicted molar refractivity (Wildman–Crippen MR) is 188 cm³/mol. The Balaban J connectivity index is -0.000000216. The van der Waals surface area contributed by atoms with Crippen molar-refractivity contribution in [2.75, 3.05) is 26.9 Å². The van der Waals surface area contributed by atoms with Gasteiger partial charge in [0, 0.05) is 111 Å². The van der Waals surface area contributed by atoms with Crippen LogP contribution in [0.25, 0.3) is 0 Å². The maximum Gasteiger partial charge on any atom is 2.00 e. The largest absolute Gasteiger partial charge is 2.00 e. The fourth-order valence-electron chi connectivity index (χ4n) is 3.33. The first kappa shape index (κ1) is 51.0. The first-order chi connectivity index (χ1) is 12.3. The van der Waals surface area contributed by atoms with Crippen molar-refractivity contribution in [1.82, 2.24) is 0 Å². The zero-order chi connectivity index (χ0) is 20.6. The van der Waals surface area contributed by atoms with Gasteiger partial charge in [0.2, 0.25) is 0 Å². The molecule has 1 aliphatic rings. The third kappa shape index (κ3) is 10.8. The number of allylic oxidation sites excluding steroid dienone is 2. The van der Waals surface area contributed by atoms with Crippen molar-refractivity contribution in [2.45, 2.75) is 11.2 Å². The molecule has 0 atom stereocenters. The van der Waals surface area contributed by atoms with E-state index in [1.807, 2.05) is 0 Å². The van der Waals surface area contributed by atoms with Crippen molar-refractivity contribution in [1.29, 1.82) is 0 Å². The average molecular weight is 1480 g/mol. The molecule has 0 unspecified atom stereocenters. The van der Waals surface area contributed by atoms with E-state index in [9.17, 15) is 0 Å². The number of hydrogen-bond donors (Lipinski definition) is 0. The van der Waals surface area contributed by atoms with Crippen LogP contribution >= 0.6 is 173 Å². The summed E-state index contributed by atoms with van der Waals surface area (Å²) in [4.78, 5) is 0. The minimum Gasteiger partial charge on any atom is -0.528 e. The molecule has 1 rings (SSSR count). The van der Waals surface area contributed by atoms with Gasteiger partial charge in [-0.3, -0.25) is 0 Å². The fourth-order valence-corrected chi connectivity index (χ4v) is 10.8. The molecule has 1 aliphatic carbocycles. The second-order valence-electron chi connectivity index (χ2n) is 5.34. The molecule has 0 heterocycles. The zero-order valence-corrected chi connectivity index (χ0v) is 39.3. The molecular formula is C17H21I8O2V4-3. The molecule has 0 bridgehead atoms. The third-order valence-corrected chi connectivity index (χ3v) is 10.0. The molecule has 0 saturated carbocycles. The third-order valence-electron chi connectivity index (χ3n) is 4.46. The summed E-state index contributed by atoms with van der Waals surface area (Å²) in [6.45, 7) is 13.0. The van der Waals surface area contributed by atoms with Gasteiger partial charge in [0.1, 0.15) is 0 Å². The van der Waals surface area contributed by atoms with Gasteiger partial charge < -0.3 is 60.5 Å². The van der Waals surface area contributed by atoms with E-state index in [-0.39, 0.29) is 81.6 Å². The Hall–Kier alpha value is 7.19. The van der Waals surface area contributed by atoms with Crippen LogP contribution in [0.3, 0.4) is 0 Å². The molecule has 0 N–H and O–H groups in total. The van der Waals surface area contributed by atoms with E-state index in [0.717, 1.165) is 34.4 Å². The van der Waals surface area contributed by atoms with E-state index in [4.69, 9.17) is 9.47 Å². The molecule has 14 heteroatoms. The van der Waals surface area contributed by atoms with E-state index in [1.54, 1.807) is 0 Å². The molecule has 0 aromatic carbocycles. The Bertz CT molecular complexity index is 494. The molecule has 0 aromatic heterocycles. The molecule has 4 radical (unpaired) electrons. The quantitative estimate of drug-likeness (QED) is 0.124. The van der Waals surface area contributed by atoms with E-state index < -0.39 is 16.6 Å². The summed E-state index contributed by atoms with van der Waals surface area (Å²) < 4.78 is 17.3. The second-order valence-corrected chi connectivity index (χ2v) is 9.64. The molecule has 0 amide bonds. The number of hydrogen-bond acceptors (Lipinski definition) is 2. The van der Waals surface area contributed by atoms with Gasteiger partial charge in [-0.15, -0.1) is 0 Å². The molecule has 0 spiro atoms. The van der Waals surface area contributed by atoms with Crippen LogP contribution in [0.1, 0.15) is 0 Å². The molecule has 0 fully saturated rings. The maximum absolute atomic E-state index is 6.44. The Labute approximate surface area is 343 Å². The van der Waals surface area contributed by atoms with E-state index in [0.29, 0.717) is 9.23 Å². The maximum atomic E-state index is 6.44. The summed E-state index contributed by atoms with van der Waals surface area (Å²) in [6.07, 6.45) is 3.36. The second kappa shape index (κ2) is 26.1. The van der Waals surface area contributed by atoms with Gasteiger partial charge in [-0.1, -0.05) is 141 Å². The first-order valence-corrected chi connectivity index (χ1v) is 22.4. The minimum atomic E-state index is -0.571. The van der Waals surface area contributed by atoms with Gasteiger partial charge in [-0.2, -0.15) is 0 Å². The molecule has 0 aromatic rings. The number of rotatable bonds is 10. The normalized spacial score (nSPS) is 14.3. The van der Waals surface area contributed by atoms with Gasteiger partial charge in [-0.25, -0.2) is 0 Å². The molecule has 0 saturated heterocycles. The van der Waals surface area contributed by atoms with Crippen molar-refractivity contribution >= 4 is 173 Å². The first-order valence-electron chi connectivity index (χ1n) is 6.96. The van der Waals surface area contributed by atoms with Crippen LogP contribution in [0, 0.1) is 39.7 Å². The van der Waals surface area contributed by atoms with Gasteiger partial charge in [0.05, 0.1) is 20.4 Å². The smallest absolute Gasteiger partial charge is 0.528 e. The van der Waals surface area contributed by atoms with E-state index in [2.05, 4.69) is 200 Å². The average Bonchev–Trinajstić information content (AvgIpc) is 2.90. The fraction of sp³-hybridized carbons (Fsp3) is 0.529. The van der Waals surface area contributed by atoms with Crippen LogP contribution in [0.15, 0.2) is 16.7 Å². The number of halogens is 8. The number of ether oxygens (including phenoxy) is 2. The summed E-state index contributed by atoms with van der Waals surface area (Å²) in [6, 6.07) is 0. The monoisotopic (exact) mass is 1480 g/mol. The van der Waals surface area contributed by atoms with Crippen molar-refractivity contribution in [2.24, 2.45) is 5.41 Å². The van der Waals surface area contributed by atoms with Crippen molar-refractivity contribution in [3.63, 3.8) is 0 Å². The Morgan fingerprint density at radius 1 is 0.742 bits per heavy atom. The van der Waals surface area contributed by atoms with Crippen molar-refractivity contribution in [3.05, 3.63) is 51.0 Å². The topological polar surface area (TPSA) is 18.5 Å². The Morgan fingerprint density at radius 3 is 1.19 bits per heavy atom. The van der Waals surface area contributed by atoms with Crippen LogP contribution in [-0.2, 0) is 83.7 Å². The van der Waals surface area contributed by atoms with Crippen molar-refractivity contribution in [3.8, 4) is 0 Å². The summed E-state index contributed by atoms with van der Waals surface area (Å²) in [5.74, 6) is 0. The van der Waals surface area contributed by atoms with Crippen LogP contribution in [0.5, 0.6) is 0 Å². The van der Waals surface area contributed by atoms with Gasteiger partial charge in [-0.05, 0) is 0 Å². The standard InChI is InChI=1S/C16H18I6O2.CH3.I2.4V/c1-11-4-12(2)16(13(11)3,14(5-17,6-18)23-9-21)15(7-19,8-20)24-10-22;;1-2;;;;/h1-3,5-10H2;1H3;;;;;/q-4;-1;;;;;+2. The van der Waals surface area contributed by atoms with Crippen molar-refractivity contribution < 1.29 is 83.7 Å². The molecule has 31 heavy (non-hydrogen) atoms. The predicted octanol–water partition coefficient (Wildman–Crippen LogP) is 8.76.